The molecule has 0 aliphatic rings. The van der Waals surface area contributed by atoms with Gasteiger partial charge in [-0.2, -0.15) is 5.10 Å². The first-order chi connectivity index (χ1) is 9.69. The van der Waals surface area contributed by atoms with Crippen LogP contribution < -0.4 is 5.32 Å². The lowest BCUT2D eigenvalue weighted by Gasteiger charge is -2.03. The molecule has 0 saturated heterocycles. The van der Waals surface area contributed by atoms with Crippen molar-refractivity contribution in [2.45, 2.75) is 6.54 Å². The van der Waals surface area contributed by atoms with Crippen molar-refractivity contribution in [1.82, 2.24) is 15.1 Å². The zero-order valence-corrected chi connectivity index (χ0v) is 11.1. The van der Waals surface area contributed by atoms with E-state index in [1.807, 2.05) is 24.3 Å². The van der Waals surface area contributed by atoms with Crippen molar-refractivity contribution in [3.63, 3.8) is 0 Å². The minimum atomic E-state index is -0.199. The summed E-state index contributed by atoms with van der Waals surface area (Å²) in [6.07, 6.45) is 1.73. The van der Waals surface area contributed by atoms with Crippen LogP contribution in [-0.4, -0.2) is 27.4 Å². The lowest BCUT2D eigenvalue weighted by molar-refractivity contribution is 0.0945. The van der Waals surface area contributed by atoms with Gasteiger partial charge in [0.1, 0.15) is 12.3 Å². The Morgan fingerprint density at radius 1 is 1.35 bits per heavy atom. The number of aryl methyl sites for hydroxylation is 1. The van der Waals surface area contributed by atoms with Gasteiger partial charge in [-0.1, -0.05) is 24.0 Å². The molecule has 102 valence electrons. The van der Waals surface area contributed by atoms with E-state index in [0.717, 1.165) is 11.1 Å². The lowest BCUT2D eigenvalue weighted by atomic mass is 10.1. The van der Waals surface area contributed by atoms with Crippen molar-refractivity contribution in [3.05, 3.63) is 53.3 Å². The van der Waals surface area contributed by atoms with Crippen molar-refractivity contribution < 1.29 is 9.90 Å². The fourth-order valence-corrected chi connectivity index (χ4v) is 1.66. The van der Waals surface area contributed by atoms with E-state index in [4.69, 9.17) is 5.11 Å². The Hall–Kier alpha value is -2.58. The second-order valence-electron chi connectivity index (χ2n) is 4.21. The summed E-state index contributed by atoms with van der Waals surface area (Å²) in [6.45, 7) is 0.283. The SMILES string of the molecule is Cn1ccc(C(=O)NCc2ccc(C#CCO)cc2)n1. The second-order valence-corrected chi connectivity index (χ2v) is 4.21. The molecule has 0 unspecified atom stereocenters. The number of aliphatic hydroxyl groups is 1. The van der Waals surface area contributed by atoms with Gasteiger partial charge < -0.3 is 10.4 Å². The molecule has 0 aliphatic carbocycles. The van der Waals surface area contributed by atoms with Crippen LogP contribution >= 0.6 is 0 Å². The van der Waals surface area contributed by atoms with Crippen molar-refractivity contribution in [2.75, 3.05) is 6.61 Å². The molecular weight excluding hydrogens is 254 g/mol. The molecule has 0 radical (unpaired) electrons. The summed E-state index contributed by atoms with van der Waals surface area (Å²) in [5.41, 5.74) is 2.21. The van der Waals surface area contributed by atoms with Gasteiger partial charge in [0.05, 0.1) is 0 Å². The van der Waals surface area contributed by atoms with Crippen LogP contribution in [0.15, 0.2) is 36.5 Å². The number of nitrogens with one attached hydrogen (secondary N) is 1. The number of benzene rings is 1. The molecule has 1 heterocycles. The molecule has 1 aromatic carbocycles. The minimum Gasteiger partial charge on any atom is -0.384 e. The molecule has 1 amide bonds. The van der Waals surface area contributed by atoms with Gasteiger partial charge in [-0.3, -0.25) is 9.48 Å². The van der Waals surface area contributed by atoms with E-state index >= 15 is 0 Å². The molecule has 0 aliphatic heterocycles. The van der Waals surface area contributed by atoms with Gasteiger partial charge in [-0.05, 0) is 23.8 Å². The van der Waals surface area contributed by atoms with E-state index in [9.17, 15) is 4.79 Å². The maximum absolute atomic E-state index is 11.8. The molecule has 20 heavy (non-hydrogen) atoms. The van der Waals surface area contributed by atoms with Gasteiger partial charge in [-0.15, -0.1) is 0 Å². The summed E-state index contributed by atoms with van der Waals surface area (Å²) in [4.78, 5) is 11.8. The Balaban J connectivity index is 1.92. The Morgan fingerprint density at radius 2 is 2.10 bits per heavy atom. The number of carbonyl (C=O) groups is 1. The molecule has 2 aromatic rings. The highest BCUT2D eigenvalue weighted by Crippen LogP contribution is 2.03. The van der Waals surface area contributed by atoms with Gasteiger partial charge in [-0.25, -0.2) is 0 Å². The Bertz CT molecular complexity index is 648. The van der Waals surface area contributed by atoms with E-state index in [-0.39, 0.29) is 12.5 Å². The third-order valence-electron chi connectivity index (χ3n) is 2.67. The minimum absolute atomic E-state index is 0.151. The third kappa shape index (κ3) is 3.70. The predicted octanol–water partition coefficient (Wildman–Crippen LogP) is 0.694. The summed E-state index contributed by atoms with van der Waals surface area (Å²) >= 11 is 0. The number of carbonyl (C=O) groups excluding carboxylic acids is 1. The molecule has 0 saturated carbocycles. The van der Waals surface area contributed by atoms with Crippen LogP contribution in [0.5, 0.6) is 0 Å². The molecule has 2 N–H and O–H groups in total. The third-order valence-corrected chi connectivity index (χ3v) is 2.67. The number of amides is 1. The fourth-order valence-electron chi connectivity index (χ4n) is 1.66. The second kappa shape index (κ2) is 6.55. The van der Waals surface area contributed by atoms with E-state index in [1.54, 1.807) is 24.0 Å². The molecule has 5 nitrogen and oxygen atoms in total. The van der Waals surface area contributed by atoms with Crippen LogP contribution in [-0.2, 0) is 13.6 Å². The van der Waals surface area contributed by atoms with E-state index in [1.165, 1.54) is 0 Å². The van der Waals surface area contributed by atoms with Crippen molar-refractivity contribution in [3.8, 4) is 11.8 Å². The van der Waals surface area contributed by atoms with E-state index in [2.05, 4.69) is 22.3 Å². The van der Waals surface area contributed by atoms with Gasteiger partial charge in [0.25, 0.3) is 5.91 Å². The molecule has 5 heteroatoms. The van der Waals surface area contributed by atoms with Crippen LogP contribution in [0.3, 0.4) is 0 Å². The number of hydrogen-bond donors (Lipinski definition) is 2. The molecule has 2 rings (SSSR count). The van der Waals surface area contributed by atoms with Crippen molar-refractivity contribution in [2.24, 2.45) is 7.05 Å². The van der Waals surface area contributed by atoms with Crippen LogP contribution in [0.4, 0.5) is 0 Å². The van der Waals surface area contributed by atoms with Crippen LogP contribution in [0.1, 0.15) is 21.6 Å². The maximum atomic E-state index is 11.8. The van der Waals surface area contributed by atoms with Gasteiger partial charge in [0.2, 0.25) is 0 Å². The van der Waals surface area contributed by atoms with Crippen molar-refractivity contribution >= 4 is 5.91 Å². The summed E-state index contributed by atoms with van der Waals surface area (Å²) in [5.74, 6) is 5.20. The average molecular weight is 269 g/mol. The number of hydrogen-bond acceptors (Lipinski definition) is 3. The van der Waals surface area contributed by atoms with Crippen LogP contribution in [0, 0.1) is 11.8 Å². The zero-order valence-electron chi connectivity index (χ0n) is 11.1. The highest BCUT2D eigenvalue weighted by atomic mass is 16.2. The lowest BCUT2D eigenvalue weighted by Crippen LogP contribution is -2.23. The summed E-state index contributed by atoms with van der Waals surface area (Å²) < 4.78 is 1.59. The average Bonchev–Trinajstić information content (AvgIpc) is 2.90. The van der Waals surface area contributed by atoms with E-state index < -0.39 is 0 Å². The Morgan fingerprint density at radius 3 is 2.70 bits per heavy atom. The topological polar surface area (TPSA) is 67.2 Å². The first-order valence-corrected chi connectivity index (χ1v) is 6.15. The quantitative estimate of drug-likeness (QED) is 0.806. The number of nitrogens with zero attached hydrogens (tertiary/aromatic N) is 2. The first-order valence-electron chi connectivity index (χ1n) is 6.15. The van der Waals surface area contributed by atoms with Crippen LogP contribution in [0.2, 0.25) is 0 Å². The van der Waals surface area contributed by atoms with E-state index in [0.29, 0.717) is 12.2 Å². The van der Waals surface area contributed by atoms with Crippen molar-refractivity contribution in [1.29, 1.82) is 0 Å². The van der Waals surface area contributed by atoms with Gasteiger partial charge >= 0.3 is 0 Å². The fraction of sp³-hybridized carbons (Fsp3) is 0.200. The Kier molecular flexibility index (Phi) is 4.53. The number of aromatic nitrogens is 2. The molecule has 0 atom stereocenters. The molecule has 0 fully saturated rings. The largest absolute Gasteiger partial charge is 0.384 e. The highest BCUT2D eigenvalue weighted by Gasteiger charge is 2.07. The maximum Gasteiger partial charge on any atom is 0.272 e. The summed E-state index contributed by atoms with van der Waals surface area (Å²) in [6, 6.07) is 9.15. The van der Waals surface area contributed by atoms with Gasteiger partial charge in [0.15, 0.2) is 0 Å². The first kappa shape index (κ1) is 13.8. The molecule has 0 spiro atoms. The number of aliphatic hydroxyl groups excluding tert-OH is 1. The Labute approximate surface area is 117 Å². The summed E-state index contributed by atoms with van der Waals surface area (Å²) in [7, 11) is 1.77. The summed E-state index contributed by atoms with van der Waals surface area (Å²) in [5, 5.41) is 15.4. The normalized spacial score (nSPS) is 9.70. The zero-order chi connectivity index (χ0) is 14.4. The smallest absolute Gasteiger partial charge is 0.272 e. The van der Waals surface area contributed by atoms with Gasteiger partial charge in [0, 0.05) is 25.4 Å². The molecule has 1 aromatic heterocycles. The number of rotatable bonds is 3. The molecular formula is C15H15N3O2. The standard InChI is InChI=1S/C15H15N3O2/c1-18-9-8-14(17-18)15(20)16-11-13-6-4-12(5-7-13)3-2-10-19/h4-9,19H,10-11H2,1H3,(H,16,20). The molecule has 0 bridgehead atoms. The van der Waals surface area contributed by atoms with Crippen LogP contribution in [0.25, 0.3) is 0 Å². The predicted molar refractivity (Wildman–Crippen MR) is 74.8 cm³/mol. The highest BCUT2D eigenvalue weighted by molar-refractivity contribution is 5.92. The monoisotopic (exact) mass is 269 g/mol.